The number of carbonyl (C=O) groups excluding carboxylic acids is 3. The van der Waals surface area contributed by atoms with Gasteiger partial charge in [-0.25, -0.2) is 4.79 Å². The number of para-hydroxylation sites is 2. The van der Waals surface area contributed by atoms with Crippen LogP contribution in [0, 0.1) is 6.92 Å². The van der Waals surface area contributed by atoms with Crippen LogP contribution >= 0.6 is 0 Å². The first-order valence-electron chi connectivity index (χ1n) is 8.28. The van der Waals surface area contributed by atoms with Crippen LogP contribution in [0.1, 0.15) is 29.8 Å². The maximum absolute atomic E-state index is 12.8. The lowest BCUT2D eigenvalue weighted by Gasteiger charge is -2.41. The van der Waals surface area contributed by atoms with Crippen molar-refractivity contribution < 1.29 is 19.1 Å². The summed E-state index contributed by atoms with van der Waals surface area (Å²) >= 11 is 0. The molecule has 134 valence electrons. The molecule has 0 aliphatic carbocycles. The number of carbonyl (C=O) groups is 3. The molecule has 0 atom stereocenters. The van der Waals surface area contributed by atoms with Crippen molar-refractivity contribution in [3.8, 4) is 0 Å². The molecule has 3 rings (SSSR count). The van der Waals surface area contributed by atoms with Crippen molar-refractivity contribution in [2.45, 2.75) is 26.3 Å². The molecule has 6 heteroatoms. The molecule has 0 fully saturated rings. The summed E-state index contributed by atoms with van der Waals surface area (Å²) in [7, 11) is 0. The molecule has 0 aromatic heterocycles. The molecule has 2 aromatic carbocycles. The minimum Gasteiger partial charge on any atom is -0.452 e. The van der Waals surface area contributed by atoms with Crippen molar-refractivity contribution in [1.29, 1.82) is 0 Å². The highest BCUT2D eigenvalue weighted by Crippen LogP contribution is 2.36. The molecule has 0 saturated heterocycles. The number of esters is 1. The van der Waals surface area contributed by atoms with Crippen molar-refractivity contribution in [3.63, 3.8) is 0 Å². The third kappa shape index (κ3) is 3.18. The highest BCUT2D eigenvalue weighted by molar-refractivity contribution is 6.14. The van der Waals surface area contributed by atoms with E-state index in [1.165, 1.54) is 4.90 Å². The number of fused-ring (bicyclic) bond motifs is 1. The Morgan fingerprint density at radius 3 is 2.42 bits per heavy atom. The zero-order valence-corrected chi connectivity index (χ0v) is 14.9. The molecular weight excluding hydrogens is 332 g/mol. The normalized spacial score (nSPS) is 15.0. The summed E-state index contributed by atoms with van der Waals surface area (Å²) in [4.78, 5) is 38.7. The summed E-state index contributed by atoms with van der Waals surface area (Å²) in [5.74, 6) is -1.34. The van der Waals surface area contributed by atoms with Gasteiger partial charge in [0.1, 0.15) is 5.54 Å². The third-order valence-electron chi connectivity index (χ3n) is 4.37. The molecule has 2 amide bonds. The van der Waals surface area contributed by atoms with E-state index in [4.69, 9.17) is 4.74 Å². The molecule has 1 N–H and O–H groups in total. The Balaban J connectivity index is 1.79. The Labute approximate surface area is 151 Å². The number of benzene rings is 2. The van der Waals surface area contributed by atoms with Crippen LogP contribution in [0.2, 0.25) is 0 Å². The molecule has 6 nitrogen and oxygen atoms in total. The van der Waals surface area contributed by atoms with Gasteiger partial charge in [0, 0.05) is 0 Å². The summed E-state index contributed by atoms with van der Waals surface area (Å²) in [6.45, 7) is 4.77. The quantitative estimate of drug-likeness (QED) is 0.862. The molecule has 0 bridgehead atoms. The van der Waals surface area contributed by atoms with E-state index >= 15 is 0 Å². The molecule has 26 heavy (non-hydrogen) atoms. The number of hydrogen-bond acceptors (Lipinski definition) is 4. The Morgan fingerprint density at radius 2 is 1.73 bits per heavy atom. The molecule has 2 aromatic rings. The van der Waals surface area contributed by atoms with E-state index in [0.29, 0.717) is 16.9 Å². The lowest BCUT2D eigenvalue weighted by molar-refractivity contribution is -0.128. The SMILES string of the molecule is Cc1ccc(C(=O)OCC(=O)N2c3ccccc3NC(=O)C2(C)C)cc1. The third-order valence-corrected chi connectivity index (χ3v) is 4.37. The predicted octanol–water partition coefficient (Wildman–Crippen LogP) is 2.92. The monoisotopic (exact) mass is 352 g/mol. The molecule has 0 saturated carbocycles. The first-order chi connectivity index (χ1) is 12.3. The van der Waals surface area contributed by atoms with E-state index in [2.05, 4.69) is 5.32 Å². The summed E-state index contributed by atoms with van der Waals surface area (Å²) in [6, 6.07) is 13.9. The highest BCUT2D eigenvalue weighted by Gasteiger charge is 2.43. The van der Waals surface area contributed by atoms with Gasteiger partial charge in [0.2, 0.25) is 5.91 Å². The topological polar surface area (TPSA) is 75.7 Å². The Bertz CT molecular complexity index is 872. The van der Waals surface area contributed by atoms with Crippen LogP contribution in [0.3, 0.4) is 0 Å². The summed E-state index contributed by atoms with van der Waals surface area (Å²) in [6.07, 6.45) is 0. The minimum absolute atomic E-state index is 0.297. The van der Waals surface area contributed by atoms with E-state index in [0.717, 1.165) is 5.56 Å². The zero-order chi connectivity index (χ0) is 18.9. The van der Waals surface area contributed by atoms with Crippen molar-refractivity contribution in [3.05, 3.63) is 59.7 Å². The smallest absolute Gasteiger partial charge is 0.338 e. The van der Waals surface area contributed by atoms with Gasteiger partial charge in [0.25, 0.3) is 5.91 Å². The number of nitrogens with zero attached hydrogens (tertiary/aromatic N) is 1. The van der Waals surface area contributed by atoms with Gasteiger partial charge in [-0.3, -0.25) is 14.5 Å². The van der Waals surface area contributed by atoms with Gasteiger partial charge in [-0.1, -0.05) is 29.8 Å². The average Bonchev–Trinajstić information content (AvgIpc) is 2.61. The molecule has 1 aliphatic rings. The van der Waals surface area contributed by atoms with Crippen molar-refractivity contribution in [1.82, 2.24) is 0 Å². The second-order valence-electron chi connectivity index (χ2n) is 6.70. The first kappa shape index (κ1) is 17.7. The second kappa shape index (κ2) is 6.63. The number of ether oxygens (including phenoxy) is 1. The Hall–Kier alpha value is -3.15. The van der Waals surface area contributed by atoms with Gasteiger partial charge in [-0.15, -0.1) is 0 Å². The fourth-order valence-corrected chi connectivity index (χ4v) is 2.86. The van der Waals surface area contributed by atoms with Gasteiger partial charge in [0.15, 0.2) is 6.61 Å². The highest BCUT2D eigenvalue weighted by atomic mass is 16.5. The van der Waals surface area contributed by atoms with Crippen LogP contribution in [-0.2, 0) is 14.3 Å². The minimum atomic E-state index is -1.10. The average molecular weight is 352 g/mol. The van der Waals surface area contributed by atoms with E-state index in [1.54, 1.807) is 62.4 Å². The fourth-order valence-electron chi connectivity index (χ4n) is 2.86. The van der Waals surface area contributed by atoms with Gasteiger partial charge >= 0.3 is 5.97 Å². The number of aryl methyl sites for hydroxylation is 1. The lowest BCUT2D eigenvalue weighted by Crippen LogP contribution is -2.59. The fraction of sp³-hybridized carbons (Fsp3) is 0.250. The maximum atomic E-state index is 12.8. The van der Waals surface area contributed by atoms with Gasteiger partial charge in [0.05, 0.1) is 16.9 Å². The molecule has 0 spiro atoms. The van der Waals surface area contributed by atoms with Gasteiger partial charge in [-0.2, -0.15) is 0 Å². The van der Waals surface area contributed by atoms with E-state index < -0.39 is 24.0 Å². The lowest BCUT2D eigenvalue weighted by atomic mass is 9.96. The predicted molar refractivity (Wildman–Crippen MR) is 98.1 cm³/mol. The molecular formula is C20H20N2O4. The van der Waals surface area contributed by atoms with Crippen LogP contribution < -0.4 is 10.2 Å². The van der Waals surface area contributed by atoms with Gasteiger partial charge < -0.3 is 10.1 Å². The summed E-state index contributed by atoms with van der Waals surface area (Å²) in [5, 5.41) is 2.79. The zero-order valence-electron chi connectivity index (χ0n) is 14.9. The molecule has 0 unspecified atom stereocenters. The van der Waals surface area contributed by atoms with Crippen molar-refractivity contribution in [2.75, 3.05) is 16.8 Å². The van der Waals surface area contributed by atoms with Crippen LogP contribution in [0.15, 0.2) is 48.5 Å². The van der Waals surface area contributed by atoms with E-state index in [-0.39, 0.29) is 5.91 Å². The van der Waals surface area contributed by atoms with Crippen LogP contribution in [0.25, 0.3) is 0 Å². The molecule has 0 radical (unpaired) electrons. The van der Waals surface area contributed by atoms with Gasteiger partial charge in [-0.05, 0) is 45.0 Å². The standard InChI is InChI=1S/C20H20N2O4/c1-13-8-10-14(11-9-13)18(24)26-12-17(23)22-16-7-5-4-6-15(16)21-19(25)20(22,2)3/h4-11H,12H2,1-3H3,(H,21,25). The van der Waals surface area contributed by atoms with E-state index in [9.17, 15) is 14.4 Å². The summed E-state index contributed by atoms with van der Waals surface area (Å²) in [5.41, 5.74) is 1.43. The van der Waals surface area contributed by atoms with E-state index in [1.807, 2.05) is 6.92 Å². The Morgan fingerprint density at radius 1 is 1.08 bits per heavy atom. The van der Waals surface area contributed by atoms with Crippen LogP contribution in [0.4, 0.5) is 11.4 Å². The summed E-state index contributed by atoms with van der Waals surface area (Å²) < 4.78 is 5.16. The van der Waals surface area contributed by atoms with Crippen molar-refractivity contribution >= 4 is 29.2 Å². The number of nitrogens with one attached hydrogen (secondary N) is 1. The number of rotatable bonds is 3. The maximum Gasteiger partial charge on any atom is 0.338 e. The van der Waals surface area contributed by atoms with Crippen LogP contribution in [-0.4, -0.2) is 29.9 Å². The first-order valence-corrected chi connectivity index (χ1v) is 8.28. The van der Waals surface area contributed by atoms with Crippen LogP contribution in [0.5, 0.6) is 0 Å². The second-order valence-corrected chi connectivity index (χ2v) is 6.70. The Kier molecular flexibility index (Phi) is 4.50. The largest absolute Gasteiger partial charge is 0.452 e. The molecule has 1 aliphatic heterocycles. The number of hydrogen-bond donors (Lipinski definition) is 1. The van der Waals surface area contributed by atoms with Crippen molar-refractivity contribution in [2.24, 2.45) is 0 Å². The number of amides is 2. The molecule has 1 heterocycles. The number of anilines is 2.